The third-order valence-corrected chi connectivity index (χ3v) is 2.05. The van der Waals surface area contributed by atoms with Crippen molar-refractivity contribution < 1.29 is 19.8 Å². The number of phenols is 1. The summed E-state index contributed by atoms with van der Waals surface area (Å²) in [4.78, 5) is 21.6. The van der Waals surface area contributed by atoms with Gasteiger partial charge >= 0.3 is 5.97 Å². The maximum atomic E-state index is 10.8. The molecule has 17 heavy (non-hydrogen) atoms. The second kappa shape index (κ2) is 7.83. The number of aromatic hydroxyl groups is 1. The largest absolute Gasteiger partial charge is 0.508 e. The van der Waals surface area contributed by atoms with E-state index in [1.165, 1.54) is 19.1 Å². The van der Waals surface area contributed by atoms with Crippen molar-refractivity contribution in [1.29, 1.82) is 0 Å². The maximum absolute atomic E-state index is 10.8. The summed E-state index contributed by atoms with van der Waals surface area (Å²) in [6, 6.07) is 5.24. The number of hydrogen-bond acceptors (Lipinski definition) is 3. The minimum atomic E-state index is -1.08. The van der Waals surface area contributed by atoms with E-state index in [0.29, 0.717) is 0 Å². The molecule has 1 atom stereocenters. The number of aliphatic carboxylic acids is 1. The zero-order chi connectivity index (χ0) is 12.1. The number of phenolic OH excluding ortho intramolecular Hbond substituents is 1. The molecular weight excluding hydrogens is 249 g/mol. The topological polar surface area (TPSA) is 86.6 Å². The van der Waals surface area contributed by atoms with Crippen LogP contribution in [-0.2, 0) is 16.0 Å². The number of amides is 1. The van der Waals surface area contributed by atoms with Crippen LogP contribution in [-0.4, -0.2) is 79.5 Å². The van der Waals surface area contributed by atoms with Crippen molar-refractivity contribution in [2.24, 2.45) is 0 Å². The molecule has 0 unspecified atom stereocenters. The van der Waals surface area contributed by atoms with Gasteiger partial charge in [0.25, 0.3) is 0 Å². The van der Waals surface area contributed by atoms with Crippen LogP contribution < -0.4 is 5.32 Å². The molecule has 87 valence electrons. The number of carboxylic acid groups (broad SMARTS) is 1. The number of carbonyl (C=O) groups is 2. The molecule has 1 aromatic rings. The van der Waals surface area contributed by atoms with Crippen LogP contribution in [0.5, 0.6) is 5.75 Å². The third kappa shape index (κ3) is 6.18. The Morgan fingerprint density at radius 1 is 1.29 bits per heavy atom. The molecule has 0 aromatic heterocycles. The van der Waals surface area contributed by atoms with Crippen molar-refractivity contribution in [3.8, 4) is 5.75 Å². The van der Waals surface area contributed by atoms with Crippen molar-refractivity contribution >= 4 is 63.3 Å². The minimum Gasteiger partial charge on any atom is -0.508 e. The molecule has 0 saturated carbocycles. The van der Waals surface area contributed by atoms with Crippen LogP contribution in [0, 0.1) is 0 Å². The van der Waals surface area contributed by atoms with Gasteiger partial charge in [0.1, 0.15) is 11.8 Å². The molecule has 0 aliphatic carbocycles. The number of benzene rings is 1. The van der Waals surface area contributed by atoms with E-state index in [1.54, 1.807) is 12.1 Å². The van der Waals surface area contributed by atoms with Crippen molar-refractivity contribution in [1.82, 2.24) is 5.32 Å². The Bertz CT molecular complexity index is 391. The van der Waals surface area contributed by atoms with E-state index >= 15 is 0 Å². The molecule has 5 nitrogen and oxygen atoms in total. The van der Waals surface area contributed by atoms with Gasteiger partial charge in [-0.15, -0.1) is 0 Å². The first-order valence-electron chi connectivity index (χ1n) is 4.77. The van der Waals surface area contributed by atoms with Gasteiger partial charge in [-0.1, -0.05) is 12.1 Å². The molecule has 6 heteroatoms. The fraction of sp³-hybridized carbons (Fsp3) is 0.273. The summed E-state index contributed by atoms with van der Waals surface area (Å²) in [5, 5.41) is 20.3. The first kappa shape index (κ1) is 16.6. The monoisotopic (exact) mass is 262 g/mol. The van der Waals surface area contributed by atoms with Crippen LogP contribution in [0.3, 0.4) is 0 Å². The van der Waals surface area contributed by atoms with E-state index in [1.807, 2.05) is 0 Å². The normalized spacial score (nSPS) is 11.1. The van der Waals surface area contributed by atoms with Crippen molar-refractivity contribution in [3.05, 3.63) is 29.8 Å². The van der Waals surface area contributed by atoms with E-state index in [-0.39, 0.29) is 69.5 Å². The molecule has 0 bridgehead atoms. The summed E-state index contributed by atoms with van der Waals surface area (Å²) in [5.74, 6) is -1.34. The van der Waals surface area contributed by atoms with Crippen LogP contribution in [0.15, 0.2) is 24.3 Å². The van der Waals surface area contributed by atoms with E-state index in [0.717, 1.165) is 5.56 Å². The molecule has 0 heterocycles. The molecule has 0 saturated heterocycles. The molecule has 1 radical (unpaired) electrons. The second-order valence-corrected chi connectivity index (χ2v) is 3.46. The van der Waals surface area contributed by atoms with Crippen molar-refractivity contribution in [2.45, 2.75) is 19.4 Å². The fourth-order valence-electron chi connectivity index (χ4n) is 1.31. The van der Waals surface area contributed by atoms with Gasteiger partial charge in [-0.25, -0.2) is 4.79 Å². The summed E-state index contributed by atoms with van der Waals surface area (Å²) in [6.07, 6.45) is 0.190. The van der Waals surface area contributed by atoms with Crippen LogP contribution in [0.4, 0.5) is 0 Å². The molecule has 1 rings (SSSR count). The molecule has 0 spiro atoms. The summed E-state index contributed by atoms with van der Waals surface area (Å²) in [7, 11) is 0. The fourth-order valence-corrected chi connectivity index (χ4v) is 1.31. The Labute approximate surface area is 142 Å². The number of rotatable bonds is 4. The summed E-state index contributed by atoms with van der Waals surface area (Å²) in [6.45, 7) is 1.27. The van der Waals surface area contributed by atoms with Gasteiger partial charge in [-0.05, 0) is 17.7 Å². The molecular formula is C11H13KNO4. The quantitative estimate of drug-likeness (QED) is 0.674. The van der Waals surface area contributed by atoms with E-state index in [2.05, 4.69) is 5.32 Å². The first-order chi connectivity index (χ1) is 7.49. The van der Waals surface area contributed by atoms with Crippen molar-refractivity contribution in [3.63, 3.8) is 0 Å². The maximum Gasteiger partial charge on any atom is 0.326 e. The molecule has 1 aromatic carbocycles. The molecule has 1 amide bonds. The van der Waals surface area contributed by atoms with Crippen LogP contribution in [0.2, 0.25) is 0 Å². The van der Waals surface area contributed by atoms with E-state index in [9.17, 15) is 9.59 Å². The third-order valence-electron chi connectivity index (χ3n) is 2.05. The summed E-state index contributed by atoms with van der Waals surface area (Å²) in [5.41, 5.74) is 0.735. The molecule has 0 fully saturated rings. The van der Waals surface area contributed by atoms with Crippen LogP contribution in [0.25, 0.3) is 0 Å². The molecule has 0 aliphatic heterocycles. The standard InChI is InChI=1S/C11H13NO4.K/c1-7(13)12-10(11(15)16)6-8-2-4-9(14)5-3-8;/h2-5,10,14H,6H2,1H3,(H,12,13)(H,15,16);/t10-;/m0./s1. The van der Waals surface area contributed by atoms with Gasteiger partial charge in [-0.2, -0.15) is 0 Å². The average molecular weight is 262 g/mol. The molecule has 0 aliphatic rings. The van der Waals surface area contributed by atoms with E-state index in [4.69, 9.17) is 10.2 Å². The second-order valence-electron chi connectivity index (χ2n) is 3.46. The SMILES string of the molecule is CC(=O)N[C@@H](Cc1ccc(O)cc1)C(=O)O.[K]. The Balaban J connectivity index is 0.00000256. The minimum absolute atomic E-state index is 0. The van der Waals surface area contributed by atoms with Gasteiger partial charge in [-0.3, -0.25) is 4.79 Å². The van der Waals surface area contributed by atoms with Gasteiger partial charge < -0.3 is 15.5 Å². The number of nitrogens with one attached hydrogen (secondary N) is 1. The molecule has 3 N–H and O–H groups in total. The van der Waals surface area contributed by atoms with Gasteiger partial charge in [0, 0.05) is 64.7 Å². The Morgan fingerprint density at radius 2 is 1.82 bits per heavy atom. The zero-order valence-corrected chi connectivity index (χ0v) is 12.9. The number of carbonyl (C=O) groups excluding carboxylic acids is 1. The summed E-state index contributed by atoms with van der Waals surface area (Å²) >= 11 is 0. The predicted molar refractivity (Wildman–Crippen MR) is 62.8 cm³/mol. The van der Waals surface area contributed by atoms with Crippen LogP contribution in [0.1, 0.15) is 12.5 Å². The first-order valence-corrected chi connectivity index (χ1v) is 4.77. The number of carboxylic acids is 1. The number of hydrogen-bond donors (Lipinski definition) is 3. The Morgan fingerprint density at radius 3 is 2.24 bits per heavy atom. The average Bonchev–Trinajstić information content (AvgIpc) is 2.19. The van der Waals surface area contributed by atoms with Crippen molar-refractivity contribution in [2.75, 3.05) is 0 Å². The summed E-state index contributed by atoms with van der Waals surface area (Å²) < 4.78 is 0. The Kier molecular flexibility index (Phi) is 7.65. The smallest absolute Gasteiger partial charge is 0.326 e. The Hall–Kier alpha value is -0.404. The predicted octanol–water partition coefficient (Wildman–Crippen LogP) is 0.143. The van der Waals surface area contributed by atoms with Crippen LogP contribution >= 0.6 is 0 Å². The van der Waals surface area contributed by atoms with E-state index < -0.39 is 12.0 Å². The van der Waals surface area contributed by atoms with Gasteiger partial charge in [0.15, 0.2) is 0 Å². The van der Waals surface area contributed by atoms with Gasteiger partial charge in [0.05, 0.1) is 0 Å². The zero-order valence-electron chi connectivity index (χ0n) is 9.80. The van der Waals surface area contributed by atoms with Gasteiger partial charge in [0.2, 0.25) is 5.91 Å².